The first-order chi connectivity index (χ1) is 13.9. The van der Waals surface area contributed by atoms with Crippen molar-refractivity contribution in [2.24, 2.45) is 5.41 Å². The van der Waals surface area contributed by atoms with Crippen molar-refractivity contribution in [3.05, 3.63) is 66.3 Å². The van der Waals surface area contributed by atoms with Crippen LogP contribution in [0.3, 0.4) is 0 Å². The number of hydrogen-bond acceptors (Lipinski definition) is 4. The van der Waals surface area contributed by atoms with Crippen LogP contribution in [-0.2, 0) is 11.4 Å². The number of fused-ring (bicyclic) bond motifs is 1. The second-order valence-corrected chi connectivity index (χ2v) is 8.27. The zero-order chi connectivity index (χ0) is 20.4. The molecule has 1 aliphatic rings. The lowest BCUT2D eigenvalue weighted by atomic mass is 9.92. The first kappa shape index (κ1) is 18.9. The van der Waals surface area contributed by atoms with E-state index in [-0.39, 0.29) is 11.3 Å². The average molecular weight is 388 g/mol. The van der Waals surface area contributed by atoms with Gasteiger partial charge in [0.1, 0.15) is 12.1 Å². The van der Waals surface area contributed by atoms with Gasteiger partial charge in [-0.3, -0.25) is 14.7 Å². The van der Waals surface area contributed by atoms with Gasteiger partial charge in [-0.25, -0.2) is 4.98 Å². The highest BCUT2D eigenvalue weighted by Crippen LogP contribution is 2.29. The van der Waals surface area contributed by atoms with E-state index in [1.165, 1.54) is 0 Å². The van der Waals surface area contributed by atoms with Crippen molar-refractivity contribution in [2.75, 3.05) is 5.32 Å². The van der Waals surface area contributed by atoms with Crippen LogP contribution in [0, 0.1) is 5.41 Å². The number of amides is 1. The summed E-state index contributed by atoms with van der Waals surface area (Å²) in [5.74, 6) is 0.912. The van der Waals surface area contributed by atoms with E-state index in [2.05, 4.69) is 15.3 Å². The van der Waals surface area contributed by atoms with Gasteiger partial charge in [0, 0.05) is 12.5 Å². The van der Waals surface area contributed by atoms with Gasteiger partial charge in [0.25, 0.3) is 0 Å². The van der Waals surface area contributed by atoms with E-state index in [1.807, 2.05) is 80.0 Å². The fourth-order valence-electron chi connectivity index (χ4n) is 3.06. The molecule has 0 radical (unpaired) electrons. The van der Waals surface area contributed by atoms with E-state index in [1.54, 1.807) is 6.07 Å². The Morgan fingerprint density at radius 1 is 1.10 bits per heavy atom. The van der Waals surface area contributed by atoms with Gasteiger partial charge in [-0.1, -0.05) is 57.2 Å². The quantitative estimate of drug-likeness (QED) is 0.659. The Kier molecular flexibility index (Phi) is 4.92. The minimum atomic E-state index is -0.104. The van der Waals surface area contributed by atoms with Crippen LogP contribution in [0.15, 0.2) is 60.7 Å². The van der Waals surface area contributed by atoms with Gasteiger partial charge < -0.3 is 4.74 Å². The third-order valence-corrected chi connectivity index (χ3v) is 4.44. The Labute approximate surface area is 169 Å². The number of benzene rings is 1. The summed E-state index contributed by atoms with van der Waals surface area (Å²) in [4.78, 5) is 21.7. The van der Waals surface area contributed by atoms with Gasteiger partial charge in [0.2, 0.25) is 17.7 Å². The summed E-state index contributed by atoms with van der Waals surface area (Å²) in [6, 6.07) is 13.6. The van der Waals surface area contributed by atoms with Gasteiger partial charge >= 0.3 is 0 Å². The Morgan fingerprint density at radius 3 is 2.52 bits per heavy atom. The topological polar surface area (TPSA) is 69.0 Å². The standard InChI is InChI=1S/C23H24N4O2/c1-23(2,3)14-19(28)25-22-24-18-12-13-20(29-15-16-8-5-4-6-9-16)26-21(18)27(22)17-10-7-11-17/h4-13H,14-15H2,1-3H3,(H,24,25,28). The number of pyridine rings is 1. The summed E-state index contributed by atoms with van der Waals surface area (Å²) in [6.45, 7) is 6.53. The van der Waals surface area contributed by atoms with Crippen molar-refractivity contribution in [1.82, 2.24) is 14.5 Å². The maximum Gasteiger partial charge on any atom is 0.227 e. The van der Waals surface area contributed by atoms with Crippen LogP contribution in [0.1, 0.15) is 32.8 Å². The Bertz CT molecular complexity index is 1110. The molecule has 0 saturated heterocycles. The summed E-state index contributed by atoms with van der Waals surface area (Å²) in [7, 11) is 0. The number of aromatic nitrogens is 3. The molecular weight excluding hydrogens is 364 g/mol. The van der Waals surface area contributed by atoms with Gasteiger partial charge in [-0.15, -0.1) is 0 Å². The molecule has 0 bridgehead atoms. The predicted octanol–water partition coefficient (Wildman–Crippen LogP) is 4.80. The predicted molar refractivity (Wildman–Crippen MR) is 114 cm³/mol. The van der Waals surface area contributed by atoms with Crippen LogP contribution in [0.5, 0.6) is 5.88 Å². The number of allylic oxidation sites excluding steroid dienone is 4. The molecule has 0 aliphatic heterocycles. The molecule has 1 aromatic carbocycles. The Morgan fingerprint density at radius 2 is 1.86 bits per heavy atom. The highest BCUT2D eigenvalue weighted by atomic mass is 16.5. The van der Waals surface area contributed by atoms with Crippen molar-refractivity contribution in [3.8, 4) is 5.88 Å². The monoisotopic (exact) mass is 388 g/mol. The number of anilines is 1. The third-order valence-electron chi connectivity index (χ3n) is 4.44. The molecule has 3 aromatic rings. The zero-order valence-electron chi connectivity index (χ0n) is 16.8. The SMILES string of the molecule is CC(C)(C)CC(=O)Nc1nc2ccc(OCc3ccccc3)nc2n1C1=CC=C1. The molecule has 148 valence electrons. The van der Waals surface area contributed by atoms with Crippen LogP contribution < -0.4 is 10.1 Å². The molecule has 6 heteroatoms. The van der Waals surface area contributed by atoms with E-state index in [0.717, 1.165) is 11.3 Å². The molecule has 1 N–H and O–H groups in total. The Hall–Kier alpha value is -3.41. The summed E-state index contributed by atoms with van der Waals surface area (Å²) in [5.41, 5.74) is 3.24. The first-order valence-corrected chi connectivity index (χ1v) is 9.64. The number of carbonyl (C=O) groups is 1. The fourth-order valence-corrected chi connectivity index (χ4v) is 3.06. The summed E-state index contributed by atoms with van der Waals surface area (Å²) < 4.78 is 7.72. The van der Waals surface area contributed by atoms with Crippen LogP contribution in [0.4, 0.5) is 5.95 Å². The minimum absolute atomic E-state index is 0.0708. The Balaban J connectivity index is 1.62. The molecule has 4 rings (SSSR count). The van der Waals surface area contributed by atoms with E-state index in [4.69, 9.17) is 4.74 Å². The molecule has 0 atom stereocenters. The third kappa shape index (κ3) is 4.37. The van der Waals surface area contributed by atoms with Crippen molar-refractivity contribution in [2.45, 2.75) is 33.8 Å². The molecule has 0 saturated carbocycles. The highest BCUT2D eigenvalue weighted by Gasteiger charge is 2.21. The van der Waals surface area contributed by atoms with E-state index >= 15 is 0 Å². The summed E-state index contributed by atoms with van der Waals surface area (Å²) in [6.07, 6.45) is 6.26. The lowest BCUT2D eigenvalue weighted by molar-refractivity contribution is -0.117. The lowest BCUT2D eigenvalue weighted by Gasteiger charge is -2.18. The molecule has 0 spiro atoms. The normalized spacial score (nSPS) is 13.1. The van der Waals surface area contributed by atoms with Crippen LogP contribution in [-0.4, -0.2) is 20.4 Å². The molecule has 1 amide bonds. The van der Waals surface area contributed by atoms with Crippen molar-refractivity contribution in [3.63, 3.8) is 0 Å². The van der Waals surface area contributed by atoms with E-state index in [9.17, 15) is 4.79 Å². The second-order valence-electron chi connectivity index (χ2n) is 8.27. The average Bonchev–Trinajstić information content (AvgIpc) is 2.95. The smallest absolute Gasteiger partial charge is 0.227 e. The zero-order valence-corrected chi connectivity index (χ0v) is 16.8. The lowest BCUT2D eigenvalue weighted by Crippen LogP contribution is -2.21. The van der Waals surface area contributed by atoms with Crippen molar-refractivity contribution >= 4 is 28.7 Å². The van der Waals surface area contributed by atoms with E-state index < -0.39 is 0 Å². The highest BCUT2D eigenvalue weighted by molar-refractivity contribution is 5.94. The molecule has 2 heterocycles. The van der Waals surface area contributed by atoms with Gasteiger partial charge in [-0.2, -0.15) is 4.98 Å². The minimum Gasteiger partial charge on any atom is -0.473 e. The molecule has 1 aliphatic carbocycles. The van der Waals surface area contributed by atoms with Crippen LogP contribution in [0.2, 0.25) is 0 Å². The number of ether oxygens (including phenoxy) is 1. The summed E-state index contributed by atoms with van der Waals surface area (Å²) >= 11 is 0. The maximum atomic E-state index is 12.5. The van der Waals surface area contributed by atoms with E-state index in [0.29, 0.717) is 36.0 Å². The van der Waals surface area contributed by atoms with Crippen molar-refractivity contribution in [1.29, 1.82) is 0 Å². The van der Waals surface area contributed by atoms with Gasteiger partial charge in [0.05, 0.1) is 5.70 Å². The molecular formula is C23H24N4O2. The molecule has 6 nitrogen and oxygen atoms in total. The second kappa shape index (κ2) is 7.54. The molecule has 2 aromatic heterocycles. The van der Waals surface area contributed by atoms with Crippen molar-refractivity contribution < 1.29 is 9.53 Å². The number of carbonyl (C=O) groups excluding carboxylic acids is 1. The summed E-state index contributed by atoms with van der Waals surface area (Å²) in [5, 5.41) is 2.94. The largest absolute Gasteiger partial charge is 0.473 e. The van der Waals surface area contributed by atoms with Gasteiger partial charge in [0.15, 0.2) is 5.65 Å². The van der Waals surface area contributed by atoms with Crippen LogP contribution in [0.25, 0.3) is 16.9 Å². The van der Waals surface area contributed by atoms with Gasteiger partial charge in [-0.05, 0) is 29.2 Å². The number of hydrogen-bond donors (Lipinski definition) is 1. The van der Waals surface area contributed by atoms with Crippen LogP contribution >= 0.6 is 0 Å². The molecule has 0 fully saturated rings. The number of nitrogens with zero attached hydrogens (tertiary/aromatic N) is 3. The molecule has 29 heavy (non-hydrogen) atoms. The fraction of sp³-hybridized carbons (Fsp3) is 0.261. The number of rotatable bonds is 6. The maximum absolute atomic E-state index is 12.5. The number of nitrogens with one attached hydrogen (secondary N) is 1. The first-order valence-electron chi connectivity index (χ1n) is 9.64. The molecule has 0 unspecified atom stereocenters. The number of imidazole rings is 1.